The highest BCUT2D eigenvalue weighted by molar-refractivity contribution is 7.15. The van der Waals surface area contributed by atoms with E-state index >= 15 is 0 Å². The first-order chi connectivity index (χ1) is 16.2. The van der Waals surface area contributed by atoms with Gasteiger partial charge in [-0.25, -0.2) is 9.78 Å². The Bertz CT molecular complexity index is 1200. The summed E-state index contributed by atoms with van der Waals surface area (Å²) in [6, 6.07) is 21.1. The maximum absolute atomic E-state index is 13.2. The molecule has 0 bridgehead atoms. The number of nitrogens with one attached hydrogen (secondary N) is 2. The molecule has 5 rings (SSSR count). The van der Waals surface area contributed by atoms with Gasteiger partial charge in [0.1, 0.15) is 6.26 Å². The van der Waals surface area contributed by atoms with E-state index in [9.17, 15) is 9.59 Å². The van der Waals surface area contributed by atoms with E-state index in [1.54, 1.807) is 11.0 Å². The third-order valence-electron chi connectivity index (χ3n) is 5.56. The summed E-state index contributed by atoms with van der Waals surface area (Å²) in [7, 11) is 0. The summed E-state index contributed by atoms with van der Waals surface area (Å²) >= 11 is 1.40. The summed E-state index contributed by atoms with van der Waals surface area (Å²) in [5, 5.41) is 6.54. The summed E-state index contributed by atoms with van der Waals surface area (Å²) in [4.78, 5) is 32.8. The molecule has 1 aliphatic rings. The minimum absolute atomic E-state index is 0.129. The highest BCUT2D eigenvalue weighted by Crippen LogP contribution is 2.29. The van der Waals surface area contributed by atoms with Crippen molar-refractivity contribution in [3.8, 4) is 0 Å². The van der Waals surface area contributed by atoms with Crippen LogP contribution < -0.4 is 10.6 Å². The van der Waals surface area contributed by atoms with Crippen LogP contribution in [0.5, 0.6) is 0 Å². The Hall–Kier alpha value is -3.91. The molecule has 7 nitrogen and oxygen atoms in total. The van der Waals surface area contributed by atoms with E-state index in [2.05, 4.69) is 15.6 Å². The first-order valence-electron chi connectivity index (χ1n) is 10.6. The predicted molar refractivity (Wildman–Crippen MR) is 126 cm³/mol. The molecule has 3 amide bonds. The molecule has 0 saturated heterocycles. The minimum Gasteiger partial charge on any atom is -0.472 e. The second-order valence-corrected chi connectivity index (χ2v) is 8.81. The highest BCUT2D eigenvalue weighted by Gasteiger charge is 2.27. The van der Waals surface area contributed by atoms with Crippen LogP contribution in [0.4, 0.5) is 9.93 Å². The Balaban J connectivity index is 1.29. The maximum atomic E-state index is 13.2. The van der Waals surface area contributed by atoms with Gasteiger partial charge in [0, 0.05) is 17.8 Å². The van der Waals surface area contributed by atoms with Gasteiger partial charge in [-0.1, -0.05) is 72.0 Å². The van der Waals surface area contributed by atoms with Gasteiger partial charge in [0.15, 0.2) is 5.13 Å². The van der Waals surface area contributed by atoms with Gasteiger partial charge in [0.2, 0.25) is 0 Å². The molecule has 0 fully saturated rings. The van der Waals surface area contributed by atoms with E-state index in [4.69, 9.17) is 4.42 Å². The molecule has 0 unspecified atom stereocenters. The quantitative estimate of drug-likeness (QED) is 0.448. The first-order valence-corrected chi connectivity index (χ1v) is 11.5. The van der Waals surface area contributed by atoms with Crippen molar-refractivity contribution in [3.05, 3.63) is 107 Å². The summed E-state index contributed by atoms with van der Waals surface area (Å²) < 4.78 is 4.96. The number of rotatable bonds is 5. The van der Waals surface area contributed by atoms with Gasteiger partial charge in [-0.15, -0.1) is 0 Å². The summed E-state index contributed by atoms with van der Waals surface area (Å²) in [6.45, 7) is 1.02. The molecule has 2 N–H and O–H groups in total. The SMILES string of the molecule is O=C(Nc1nc2c(s1)CN(C(=O)NC(c1ccccc1)c1ccccc1)CC2)c1ccoc1. The number of nitrogens with zero attached hydrogens (tertiary/aromatic N) is 2. The van der Waals surface area contributed by atoms with E-state index in [1.807, 2.05) is 60.7 Å². The van der Waals surface area contributed by atoms with Gasteiger partial charge in [0.25, 0.3) is 5.91 Å². The third-order valence-corrected chi connectivity index (χ3v) is 6.55. The Morgan fingerprint density at radius 1 is 1.00 bits per heavy atom. The van der Waals surface area contributed by atoms with Crippen LogP contribution >= 0.6 is 11.3 Å². The lowest BCUT2D eigenvalue weighted by Crippen LogP contribution is -2.44. The van der Waals surface area contributed by atoms with Gasteiger partial charge >= 0.3 is 6.03 Å². The molecule has 33 heavy (non-hydrogen) atoms. The fourth-order valence-corrected chi connectivity index (χ4v) is 4.87. The summed E-state index contributed by atoms with van der Waals surface area (Å²) in [5.41, 5.74) is 3.42. The molecule has 2 aromatic heterocycles. The zero-order valence-electron chi connectivity index (χ0n) is 17.7. The number of carbonyl (C=O) groups is 2. The van der Waals surface area contributed by atoms with Crippen molar-refractivity contribution in [2.75, 3.05) is 11.9 Å². The van der Waals surface area contributed by atoms with Gasteiger partial charge in [-0.2, -0.15) is 0 Å². The van der Waals surface area contributed by atoms with Crippen LogP contribution in [0.15, 0.2) is 83.7 Å². The minimum atomic E-state index is -0.266. The molecule has 0 spiro atoms. The number of benzene rings is 2. The molecule has 3 heterocycles. The number of amides is 3. The number of hydrogen-bond donors (Lipinski definition) is 2. The molecule has 166 valence electrons. The number of urea groups is 1. The Morgan fingerprint density at radius 3 is 2.33 bits per heavy atom. The topological polar surface area (TPSA) is 87.5 Å². The van der Waals surface area contributed by atoms with E-state index in [1.165, 1.54) is 23.9 Å². The summed E-state index contributed by atoms with van der Waals surface area (Å²) in [6.07, 6.45) is 3.49. The molecule has 0 saturated carbocycles. The van der Waals surface area contributed by atoms with Crippen LogP contribution in [0.25, 0.3) is 0 Å². The molecule has 0 radical (unpaired) electrons. The van der Waals surface area contributed by atoms with E-state index in [0.29, 0.717) is 30.2 Å². The van der Waals surface area contributed by atoms with Gasteiger partial charge in [-0.3, -0.25) is 10.1 Å². The first kappa shape index (κ1) is 21.0. The maximum Gasteiger partial charge on any atom is 0.318 e. The van der Waals surface area contributed by atoms with E-state index < -0.39 is 0 Å². The van der Waals surface area contributed by atoms with Crippen molar-refractivity contribution in [2.24, 2.45) is 0 Å². The zero-order valence-corrected chi connectivity index (χ0v) is 18.5. The van der Waals surface area contributed by atoms with Crippen molar-refractivity contribution in [2.45, 2.75) is 19.0 Å². The molecule has 4 aromatic rings. The fourth-order valence-electron chi connectivity index (χ4n) is 3.85. The van der Waals surface area contributed by atoms with Crippen molar-refractivity contribution < 1.29 is 14.0 Å². The molecule has 8 heteroatoms. The fraction of sp³-hybridized carbons (Fsp3) is 0.160. The smallest absolute Gasteiger partial charge is 0.318 e. The molecule has 0 atom stereocenters. The van der Waals surface area contributed by atoms with Gasteiger partial charge < -0.3 is 14.6 Å². The van der Waals surface area contributed by atoms with Gasteiger partial charge in [0.05, 0.1) is 30.1 Å². The third kappa shape index (κ3) is 4.65. The van der Waals surface area contributed by atoms with Crippen LogP contribution in [-0.2, 0) is 13.0 Å². The van der Waals surface area contributed by atoms with Gasteiger partial charge in [-0.05, 0) is 17.2 Å². The van der Waals surface area contributed by atoms with Crippen molar-refractivity contribution in [3.63, 3.8) is 0 Å². The average Bonchev–Trinajstić information content (AvgIpc) is 3.53. The molecule has 0 aliphatic carbocycles. The summed E-state index contributed by atoms with van der Waals surface area (Å²) in [5.74, 6) is -0.266. The molecule has 1 aliphatic heterocycles. The van der Waals surface area contributed by atoms with Crippen LogP contribution in [0.3, 0.4) is 0 Å². The Morgan fingerprint density at radius 2 is 1.70 bits per heavy atom. The number of fused-ring (bicyclic) bond motifs is 1. The normalized spacial score (nSPS) is 12.9. The second-order valence-electron chi connectivity index (χ2n) is 7.73. The average molecular weight is 459 g/mol. The second kappa shape index (κ2) is 9.30. The largest absolute Gasteiger partial charge is 0.472 e. The number of hydrogen-bond acceptors (Lipinski definition) is 5. The lowest BCUT2D eigenvalue weighted by Gasteiger charge is -2.29. The lowest BCUT2D eigenvalue weighted by atomic mass is 9.99. The standard InChI is InChI=1S/C25H22N4O3S/c30-23(19-12-14-32-16-19)28-24-26-20-11-13-29(15-21(20)33-24)25(31)27-22(17-7-3-1-4-8-17)18-9-5-2-6-10-18/h1-10,12,14,16,22H,11,13,15H2,(H,27,31)(H,26,28,30). The van der Waals surface area contributed by atoms with Crippen molar-refractivity contribution >= 4 is 28.4 Å². The van der Waals surface area contributed by atoms with Crippen LogP contribution in [0, 0.1) is 0 Å². The van der Waals surface area contributed by atoms with E-state index in [0.717, 1.165) is 21.7 Å². The van der Waals surface area contributed by atoms with E-state index in [-0.39, 0.29) is 18.0 Å². The molecular formula is C25H22N4O3S. The number of furan rings is 1. The lowest BCUT2D eigenvalue weighted by molar-refractivity contribution is 0.102. The monoisotopic (exact) mass is 458 g/mol. The van der Waals surface area contributed by atoms with Crippen LogP contribution in [-0.4, -0.2) is 28.4 Å². The van der Waals surface area contributed by atoms with Crippen molar-refractivity contribution in [1.29, 1.82) is 0 Å². The van der Waals surface area contributed by atoms with Crippen molar-refractivity contribution in [1.82, 2.24) is 15.2 Å². The highest BCUT2D eigenvalue weighted by atomic mass is 32.1. The predicted octanol–water partition coefficient (Wildman–Crippen LogP) is 4.85. The number of anilines is 1. The molecular weight excluding hydrogens is 436 g/mol. The van der Waals surface area contributed by atoms with Crippen LogP contribution in [0.2, 0.25) is 0 Å². The molecule has 2 aromatic carbocycles. The number of aromatic nitrogens is 1. The Labute approximate surface area is 195 Å². The number of thiazole rings is 1. The zero-order chi connectivity index (χ0) is 22.6. The van der Waals surface area contributed by atoms with Crippen LogP contribution in [0.1, 0.15) is 38.1 Å². The Kier molecular flexibility index (Phi) is 5.91. The number of carbonyl (C=O) groups excluding carboxylic acids is 2.